The minimum Gasteiger partial charge on any atom is -0.478 e. The summed E-state index contributed by atoms with van der Waals surface area (Å²) in [5.41, 5.74) is -0.237. The quantitative estimate of drug-likeness (QED) is 0.766. The molecule has 1 atom stereocenters. The van der Waals surface area contributed by atoms with E-state index in [0.717, 1.165) is 6.07 Å². The number of anilines is 1. The molecule has 0 saturated carbocycles. The summed E-state index contributed by atoms with van der Waals surface area (Å²) in [4.78, 5) is 24.2. The summed E-state index contributed by atoms with van der Waals surface area (Å²) >= 11 is 0. The number of amides is 2. The van der Waals surface area contributed by atoms with E-state index in [1.54, 1.807) is 0 Å². The largest absolute Gasteiger partial charge is 0.478 e. The van der Waals surface area contributed by atoms with E-state index >= 15 is 0 Å². The first-order valence-corrected chi connectivity index (χ1v) is 6.04. The molecule has 0 radical (unpaired) electrons. The van der Waals surface area contributed by atoms with Crippen LogP contribution in [-0.2, 0) is 0 Å². The van der Waals surface area contributed by atoms with Gasteiger partial charge in [0.25, 0.3) is 0 Å². The molecule has 1 aromatic carbocycles. The molecule has 3 N–H and O–H groups in total. The molecule has 0 heterocycles. The smallest absolute Gasteiger partial charge is 0.335 e. The van der Waals surface area contributed by atoms with Crippen LogP contribution in [0.1, 0.15) is 17.3 Å². The van der Waals surface area contributed by atoms with Crippen molar-refractivity contribution in [3.63, 3.8) is 0 Å². The molecule has 0 aromatic heterocycles. The molecule has 2 amide bonds. The number of aromatic carboxylic acids is 1. The Balaban J connectivity index is 2.64. The Morgan fingerprint density at radius 1 is 1.40 bits per heavy atom. The van der Waals surface area contributed by atoms with Crippen molar-refractivity contribution < 1.29 is 19.1 Å². The van der Waals surface area contributed by atoms with Gasteiger partial charge in [0.2, 0.25) is 0 Å². The van der Waals surface area contributed by atoms with Gasteiger partial charge in [0.15, 0.2) is 0 Å². The summed E-state index contributed by atoms with van der Waals surface area (Å²) in [6.07, 6.45) is 0. The standard InChI is InChI=1S/C13H18FN3O3/c1-8(7-17(2)3)15-13(20)16-11-5-4-9(12(18)19)6-10(11)14/h4-6,8H,7H2,1-3H3,(H,18,19)(H2,15,16,20). The molecule has 7 heteroatoms. The van der Waals surface area contributed by atoms with E-state index in [2.05, 4.69) is 10.6 Å². The van der Waals surface area contributed by atoms with Crippen LogP contribution in [0.2, 0.25) is 0 Å². The summed E-state index contributed by atoms with van der Waals surface area (Å²) < 4.78 is 13.6. The number of hydrogen-bond acceptors (Lipinski definition) is 3. The van der Waals surface area contributed by atoms with Crippen LogP contribution in [0.5, 0.6) is 0 Å². The lowest BCUT2D eigenvalue weighted by molar-refractivity contribution is 0.0696. The predicted molar refractivity (Wildman–Crippen MR) is 73.5 cm³/mol. The number of nitrogens with one attached hydrogen (secondary N) is 2. The highest BCUT2D eigenvalue weighted by Gasteiger charge is 2.12. The van der Waals surface area contributed by atoms with Crippen LogP contribution in [0.4, 0.5) is 14.9 Å². The average molecular weight is 283 g/mol. The number of likely N-dealkylation sites (N-methyl/N-ethyl adjacent to an activating group) is 1. The second kappa shape index (κ2) is 6.85. The van der Waals surface area contributed by atoms with Gasteiger partial charge in [-0.25, -0.2) is 14.0 Å². The Kier molecular flexibility index (Phi) is 5.45. The number of carboxylic acids is 1. The van der Waals surface area contributed by atoms with Gasteiger partial charge in [-0.3, -0.25) is 0 Å². The third-order valence-corrected chi connectivity index (χ3v) is 2.48. The predicted octanol–water partition coefficient (Wildman–Crippen LogP) is 1.60. The fourth-order valence-corrected chi connectivity index (χ4v) is 1.73. The maximum Gasteiger partial charge on any atom is 0.335 e. The maximum absolute atomic E-state index is 13.6. The van der Waals surface area contributed by atoms with Gasteiger partial charge < -0.3 is 20.6 Å². The summed E-state index contributed by atoms with van der Waals surface area (Å²) in [7, 11) is 3.75. The summed E-state index contributed by atoms with van der Waals surface area (Å²) in [6, 6.07) is 2.66. The molecule has 1 rings (SSSR count). The van der Waals surface area contributed by atoms with E-state index < -0.39 is 17.8 Å². The van der Waals surface area contributed by atoms with E-state index in [0.29, 0.717) is 6.54 Å². The van der Waals surface area contributed by atoms with E-state index in [1.165, 1.54) is 12.1 Å². The van der Waals surface area contributed by atoms with Crippen molar-refractivity contribution in [3.8, 4) is 0 Å². The highest BCUT2D eigenvalue weighted by molar-refractivity contribution is 5.91. The molecule has 110 valence electrons. The lowest BCUT2D eigenvalue weighted by Gasteiger charge is -2.18. The van der Waals surface area contributed by atoms with Crippen LogP contribution in [0.25, 0.3) is 0 Å². The zero-order valence-corrected chi connectivity index (χ0v) is 11.6. The van der Waals surface area contributed by atoms with Crippen molar-refractivity contribution in [2.75, 3.05) is 26.0 Å². The minimum atomic E-state index is -1.22. The Morgan fingerprint density at radius 3 is 2.55 bits per heavy atom. The number of benzene rings is 1. The third kappa shape index (κ3) is 4.85. The molecular formula is C13H18FN3O3. The second-order valence-electron chi connectivity index (χ2n) is 4.76. The molecule has 0 saturated heterocycles. The zero-order valence-electron chi connectivity index (χ0n) is 11.6. The first-order chi connectivity index (χ1) is 9.29. The maximum atomic E-state index is 13.6. The SMILES string of the molecule is CC(CN(C)C)NC(=O)Nc1ccc(C(=O)O)cc1F. The fraction of sp³-hybridized carbons (Fsp3) is 0.385. The van der Waals surface area contributed by atoms with Gasteiger partial charge in [-0.05, 0) is 39.2 Å². The Labute approximate surface area is 116 Å². The number of hydrogen-bond donors (Lipinski definition) is 3. The molecular weight excluding hydrogens is 265 g/mol. The molecule has 6 nitrogen and oxygen atoms in total. The van der Waals surface area contributed by atoms with Crippen LogP contribution < -0.4 is 10.6 Å². The van der Waals surface area contributed by atoms with Crippen molar-refractivity contribution in [1.29, 1.82) is 0 Å². The first kappa shape index (κ1) is 15.9. The minimum absolute atomic E-state index is 0.0652. The van der Waals surface area contributed by atoms with Gasteiger partial charge in [0.05, 0.1) is 11.3 Å². The molecule has 20 heavy (non-hydrogen) atoms. The summed E-state index contributed by atoms with van der Waals surface area (Å²) in [5.74, 6) is -2.01. The van der Waals surface area contributed by atoms with Crippen LogP contribution in [-0.4, -0.2) is 48.7 Å². The fourth-order valence-electron chi connectivity index (χ4n) is 1.73. The molecule has 0 aliphatic rings. The first-order valence-electron chi connectivity index (χ1n) is 6.04. The van der Waals surface area contributed by atoms with Crippen LogP contribution in [0.3, 0.4) is 0 Å². The van der Waals surface area contributed by atoms with E-state index in [1.807, 2.05) is 25.9 Å². The van der Waals surface area contributed by atoms with E-state index in [4.69, 9.17) is 5.11 Å². The number of carbonyl (C=O) groups is 2. The number of urea groups is 1. The van der Waals surface area contributed by atoms with Gasteiger partial charge in [-0.2, -0.15) is 0 Å². The van der Waals surface area contributed by atoms with Gasteiger partial charge in [-0.1, -0.05) is 0 Å². The van der Waals surface area contributed by atoms with Crippen molar-refractivity contribution in [1.82, 2.24) is 10.2 Å². The van der Waals surface area contributed by atoms with E-state index in [-0.39, 0.29) is 17.3 Å². The van der Waals surface area contributed by atoms with Crippen LogP contribution >= 0.6 is 0 Å². The molecule has 0 aliphatic carbocycles. The van der Waals surface area contributed by atoms with Crippen molar-refractivity contribution >= 4 is 17.7 Å². The lowest BCUT2D eigenvalue weighted by Crippen LogP contribution is -2.41. The average Bonchev–Trinajstić information content (AvgIpc) is 2.30. The molecule has 1 unspecified atom stereocenters. The Morgan fingerprint density at radius 2 is 2.05 bits per heavy atom. The zero-order chi connectivity index (χ0) is 15.3. The summed E-state index contributed by atoms with van der Waals surface area (Å²) in [6.45, 7) is 2.47. The van der Waals surface area contributed by atoms with Crippen molar-refractivity contribution in [3.05, 3.63) is 29.6 Å². The molecule has 1 aromatic rings. The normalized spacial score (nSPS) is 12.1. The monoisotopic (exact) mass is 283 g/mol. The molecule has 0 bridgehead atoms. The van der Waals surface area contributed by atoms with Gasteiger partial charge in [0.1, 0.15) is 5.82 Å². The molecule has 0 aliphatic heterocycles. The van der Waals surface area contributed by atoms with Gasteiger partial charge in [-0.15, -0.1) is 0 Å². The summed E-state index contributed by atoms with van der Waals surface area (Å²) in [5, 5.41) is 13.7. The van der Waals surface area contributed by atoms with Crippen molar-refractivity contribution in [2.24, 2.45) is 0 Å². The molecule has 0 spiro atoms. The van der Waals surface area contributed by atoms with E-state index in [9.17, 15) is 14.0 Å². The van der Waals surface area contributed by atoms with Gasteiger partial charge in [0, 0.05) is 12.6 Å². The number of nitrogens with zero attached hydrogens (tertiary/aromatic N) is 1. The second-order valence-corrected chi connectivity index (χ2v) is 4.76. The highest BCUT2D eigenvalue weighted by Crippen LogP contribution is 2.15. The number of halogens is 1. The highest BCUT2D eigenvalue weighted by atomic mass is 19.1. The topological polar surface area (TPSA) is 81.7 Å². The Hall–Kier alpha value is -2.15. The van der Waals surface area contributed by atoms with Gasteiger partial charge >= 0.3 is 12.0 Å². The van der Waals surface area contributed by atoms with Crippen LogP contribution in [0, 0.1) is 5.82 Å². The number of carbonyl (C=O) groups excluding carboxylic acids is 1. The number of carboxylic acid groups (broad SMARTS) is 1. The number of rotatable bonds is 5. The Bertz CT molecular complexity index is 506. The third-order valence-electron chi connectivity index (χ3n) is 2.48. The molecule has 0 fully saturated rings. The lowest BCUT2D eigenvalue weighted by atomic mass is 10.2. The van der Waals surface area contributed by atoms with Crippen molar-refractivity contribution in [2.45, 2.75) is 13.0 Å². The van der Waals surface area contributed by atoms with Crippen LogP contribution in [0.15, 0.2) is 18.2 Å².